The fourth-order valence-electron chi connectivity index (χ4n) is 3.74. The zero-order valence-electron chi connectivity index (χ0n) is 12.3. The van der Waals surface area contributed by atoms with Crippen molar-refractivity contribution in [1.82, 2.24) is 5.32 Å². The van der Waals surface area contributed by atoms with Crippen LogP contribution in [-0.4, -0.2) is 17.0 Å². The third-order valence-corrected chi connectivity index (χ3v) is 5.33. The fraction of sp³-hybridized carbons (Fsp3) is 0.529. The van der Waals surface area contributed by atoms with Crippen molar-refractivity contribution in [1.29, 1.82) is 0 Å². The first-order valence-corrected chi connectivity index (χ1v) is 8.16. The minimum atomic E-state index is -0.924. The van der Waals surface area contributed by atoms with E-state index < -0.39 is 12.0 Å². The highest BCUT2D eigenvalue weighted by Crippen LogP contribution is 2.62. The highest BCUT2D eigenvalue weighted by Gasteiger charge is 2.58. The molecule has 0 saturated heterocycles. The normalized spacial score (nSPS) is 23.2. The van der Waals surface area contributed by atoms with Crippen LogP contribution in [0.5, 0.6) is 0 Å². The Kier molecular flexibility index (Phi) is 4.13. The summed E-state index contributed by atoms with van der Waals surface area (Å²) in [6.07, 6.45) is 5.52. The number of carboxylic acid groups (broad SMARTS) is 1. The zero-order valence-corrected chi connectivity index (χ0v) is 13.1. The summed E-state index contributed by atoms with van der Waals surface area (Å²) in [6, 6.07) is 6.48. The van der Waals surface area contributed by atoms with Crippen LogP contribution in [0.15, 0.2) is 24.3 Å². The van der Waals surface area contributed by atoms with Crippen molar-refractivity contribution in [2.24, 2.45) is 11.3 Å². The van der Waals surface area contributed by atoms with Crippen LogP contribution >= 0.6 is 11.6 Å². The quantitative estimate of drug-likeness (QED) is 0.871. The van der Waals surface area contributed by atoms with Crippen LogP contribution in [0.3, 0.4) is 0 Å². The largest absolute Gasteiger partial charge is 0.481 e. The summed E-state index contributed by atoms with van der Waals surface area (Å²) >= 11 is 5.87. The van der Waals surface area contributed by atoms with Crippen LogP contribution in [0.1, 0.15) is 50.1 Å². The molecule has 118 valence electrons. The first-order chi connectivity index (χ1) is 10.5. The van der Waals surface area contributed by atoms with E-state index in [-0.39, 0.29) is 23.7 Å². The Balaban J connectivity index is 1.69. The van der Waals surface area contributed by atoms with Crippen molar-refractivity contribution in [3.63, 3.8) is 0 Å². The lowest BCUT2D eigenvalue weighted by molar-refractivity contribution is -0.137. The number of hydrogen-bond acceptors (Lipinski definition) is 2. The Bertz CT molecular complexity index is 578. The number of hydrogen-bond donors (Lipinski definition) is 2. The van der Waals surface area contributed by atoms with Gasteiger partial charge in [-0.05, 0) is 42.4 Å². The molecule has 2 aliphatic rings. The SMILES string of the molecule is O=C(O)C[C@H](NC(=O)C1CC12CCCC2)c1ccc(Cl)cc1. The van der Waals surface area contributed by atoms with Gasteiger partial charge in [-0.3, -0.25) is 9.59 Å². The molecule has 2 fully saturated rings. The van der Waals surface area contributed by atoms with E-state index >= 15 is 0 Å². The molecule has 22 heavy (non-hydrogen) atoms. The molecule has 1 amide bonds. The molecule has 2 N–H and O–H groups in total. The van der Waals surface area contributed by atoms with E-state index in [2.05, 4.69) is 5.32 Å². The molecule has 2 atom stereocenters. The van der Waals surface area contributed by atoms with E-state index in [4.69, 9.17) is 16.7 Å². The number of amides is 1. The van der Waals surface area contributed by atoms with Gasteiger partial charge >= 0.3 is 5.97 Å². The van der Waals surface area contributed by atoms with E-state index in [0.29, 0.717) is 5.02 Å². The fourth-order valence-corrected chi connectivity index (χ4v) is 3.87. The van der Waals surface area contributed by atoms with Crippen LogP contribution in [0, 0.1) is 11.3 Å². The van der Waals surface area contributed by atoms with Gasteiger partial charge in [0, 0.05) is 10.9 Å². The number of aliphatic carboxylic acids is 1. The highest BCUT2D eigenvalue weighted by atomic mass is 35.5. The van der Waals surface area contributed by atoms with Gasteiger partial charge in [-0.25, -0.2) is 0 Å². The maximum atomic E-state index is 12.5. The summed E-state index contributed by atoms with van der Waals surface area (Å²) in [4.78, 5) is 23.6. The summed E-state index contributed by atoms with van der Waals surface area (Å²) in [5.74, 6) is -0.853. The molecule has 4 nitrogen and oxygen atoms in total. The molecule has 2 aliphatic carbocycles. The van der Waals surface area contributed by atoms with Gasteiger partial charge in [0.2, 0.25) is 5.91 Å². The monoisotopic (exact) mass is 321 g/mol. The van der Waals surface area contributed by atoms with Gasteiger partial charge in [-0.15, -0.1) is 0 Å². The third-order valence-electron chi connectivity index (χ3n) is 5.07. The molecule has 0 aliphatic heterocycles. The Morgan fingerprint density at radius 2 is 1.91 bits per heavy atom. The van der Waals surface area contributed by atoms with Crippen molar-refractivity contribution in [3.05, 3.63) is 34.9 Å². The van der Waals surface area contributed by atoms with E-state index in [1.165, 1.54) is 12.8 Å². The lowest BCUT2D eigenvalue weighted by Crippen LogP contribution is -2.32. The Morgan fingerprint density at radius 3 is 2.50 bits per heavy atom. The van der Waals surface area contributed by atoms with Crippen molar-refractivity contribution in [2.45, 2.75) is 44.6 Å². The van der Waals surface area contributed by atoms with Gasteiger partial charge in [0.25, 0.3) is 0 Å². The number of nitrogens with one attached hydrogen (secondary N) is 1. The molecule has 1 aromatic carbocycles. The second-order valence-electron chi connectivity index (χ2n) is 6.54. The summed E-state index contributed by atoms with van der Waals surface area (Å²) in [6.45, 7) is 0. The summed E-state index contributed by atoms with van der Waals surface area (Å²) in [5, 5.41) is 12.6. The van der Waals surface area contributed by atoms with Gasteiger partial charge in [0.15, 0.2) is 0 Å². The average Bonchev–Trinajstić information content (AvgIpc) is 2.96. The van der Waals surface area contributed by atoms with E-state index in [0.717, 1.165) is 24.8 Å². The first-order valence-electron chi connectivity index (χ1n) is 7.78. The molecule has 2 saturated carbocycles. The van der Waals surface area contributed by atoms with Crippen molar-refractivity contribution < 1.29 is 14.7 Å². The molecule has 1 unspecified atom stereocenters. The van der Waals surface area contributed by atoms with Gasteiger partial charge in [0.05, 0.1) is 12.5 Å². The van der Waals surface area contributed by atoms with Crippen LogP contribution in [0.4, 0.5) is 0 Å². The van der Waals surface area contributed by atoms with Crippen molar-refractivity contribution in [2.75, 3.05) is 0 Å². The smallest absolute Gasteiger partial charge is 0.305 e. The Hall–Kier alpha value is -1.55. The summed E-state index contributed by atoms with van der Waals surface area (Å²) in [7, 11) is 0. The molecular formula is C17H20ClNO3. The summed E-state index contributed by atoms with van der Waals surface area (Å²) < 4.78 is 0. The maximum Gasteiger partial charge on any atom is 0.305 e. The average molecular weight is 322 g/mol. The van der Waals surface area contributed by atoms with Crippen LogP contribution in [0.25, 0.3) is 0 Å². The van der Waals surface area contributed by atoms with Crippen LogP contribution in [0.2, 0.25) is 5.02 Å². The molecule has 0 bridgehead atoms. The highest BCUT2D eigenvalue weighted by molar-refractivity contribution is 6.30. The minimum Gasteiger partial charge on any atom is -0.481 e. The van der Waals surface area contributed by atoms with Gasteiger partial charge < -0.3 is 10.4 Å². The van der Waals surface area contributed by atoms with E-state index in [9.17, 15) is 9.59 Å². The molecule has 0 aromatic heterocycles. The second kappa shape index (κ2) is 5.92. The second-order valence-corrected chi connectivity index (χ2v) is 6.97. The van der Waals surface area contributed by atoms with Gasteiger partial charge in [-0.1, -0.05) is 36.6 Å². The Morgan fingerprint density at radius 1 is 1.27 bits per heavy atom. The number of benzene rings is 1. The molecular weight excluding hydrogens is 302 g/mol. The Labute approximate surface area is 134 Å². The van der Waals surface area contributed by atoms with E-state index in [1.54, 1.807) is 24.3 Å². The number of rotatable bonds is 5. The molecule has 1 spiro atoms. The topological polar surface area (TPSA) is 66.4 Å². The lowest BCUT2D eigenvalue weighted by atomic mass is 10.00. The van der Waals surface area contributed by atoms with Crippen molar-refractivity contribution in [3.8, 4) is 0 Å². The number of carbonyl (C=O) groups excluding carboxylic acids is 1. The first kappa shape index (κ1) is 15.3. The molecule has 1 aromatic rings. The zero-order chi connectivity index (χ0) is 15.7. The molecule has 5 heteroatoms. The molecule has 0 radical (unpaired) electrons. The molecule has 0 heterocycles. The van der Waals surface area contributed by atoms with Crippen LogP contribution in [-0.2, 0) is 9.59 Å². The summed E-state index contributed by atoms with van der Waals surface area (Å²) in [5.41, 5.74) is 0.999. The van der Waals surface area contributed by atoms with Crippen molar-refractivity contribution >= 4 is 23.5 Å². The number of carbonyl (C=O) groups is 2. The predicted molar refractivity (Wildman–Crippen MR) is 83.6 cm³/mol. The number of halogens is 1. The predicted octanol–water partition coefficient (Wildman–Crippen LogP) is 3.55. The van der Waals surface area contributed by atoms with Crippen LogP contribution < -0.4 is 5.32 Å². The lowest BCUT2D eigenvalue weighted by Gasteiger charge is -2.18. The minimum absolute atomic E-state index is 0.00287. The van der Waals surface area contributed by atoms with Gasteiger partial charge in [0.1, 0.15) is 0 Å². The molecule has 3 rings (SSSR count). The van der Waals surface area contributed by atoms with Gasteiger partial charge in [-0.2, -0.15) is 0 Å². The maximum absolute atomic E-state index is 12.5. The number of carboxylic acids is 1. The standard InChI is InChI=1S/C17H20ClNO3/c18-12-5-3-11(4-6-12)14(9-15(20)21)19-16(22)13-10-17(13)7-1-2-8-17/h3-6,13-14H,1-2,7-10H2,(H,19,22)(H,20,21)/t13?,14-/m0/s1. The van der Waals surface area contributed by atoms with E-state index in [1.807, 2.05) is 0 Å². The third kappa shape index (κ3) is 3.12.